The molecule has 0 radical (unpaired) electrons. The molecular weight excluding hydrogens is 254 g/mol. The van der Waals surface area contributed by atoms with Gasteiger partial charge in [0, 0.05) is 19.0 Å². The molecule has 2 heterocycles. The van der Waals surface area contributed by atoms with Gasteiger partial charge < -0.3 is 0 Å². The van der Waals surface area contributed by atoms with Crippen LogP contribution in [0.5, 0.6) is 0 Å². The first-order valence-electron chi connectivity index (χ1n) is 6.66. The summed E-state index contributed by atoms with van der Waals surface area (Å²) in [7, 11) is 0. The van der Waals surface area contributed by atoms with Crippen LogP contribution in [0.25, 0.3) is 11.3 Å². The zero-order chi connectivity index (χ0) is 13.9. The van der Waals surface area contributed by atoms with Crippen LogP contribution in [-0.2, 0) is 16.1 Å². The number of imide groups is 1. The molecule has 1 fully saturated rings. The normalized spacial score (nSPS) is 15.7. The Kier molecular flexibility index (Phi) is 3.33. The van der Waals surface area contributed by atoms with E-state index in [1.807, 2.05) is 30.3 Å². The van der Waals surface area contributed by atoms with E-state index >= 15 is 0 Å². The van der Waals surface area contributed by atoms with Crippen molar-refractivity contribution in [3.05, 3.63) is 42.1 Å². The summed E-state index contributed by atoms with van der Waals surface area (Å²) < 4.78 is 0. The van der Waals surface area contributed by atoms with E-state index in [9.17, 15) is 9.59 Å². The highest BCUT2D eigenvalue weighted by Crippen LogP contribution is 2.19. The SMILES string of the molecule is O=C1CCCC(=O)N1Cc1ccc(-c2ccn[nH]2)cc1. The minimum Gasteiger partial charge on any atom is -0.278 e. The summed E-state index contributed by atoms with van der Waals surface area (Å²) in [5.74, 6) is -0.141. The van der Waals surface area contributed by atoms with E-state index in [0.717, 1.165) is 16.8 Å². The number of carbonyl (C=O) groups is 2. The summed E-state index contributed by atoms with van der Waals surface area (Å²) in [6.45, 7) is 0.362. The van der Waals surface area contributed by atoms with E-state index in [2.05, 4.69) is 10.2 Å². The zero-order valence-corrected chi connectivity index (χ0v) is 11.0. The molecule has 0 aliphatic carbocycles. The summed E-state index contributed by atoms with van der Waals surface area (Å²) >= 11 is 0. The first-order chi connectivity index (χ1) is 9.74. The number of nitrogens with zero attached hydrogens (tertiary/aromatic N) is 2. The van der Waals surface area contributed by atoms with Crippen LogP contribution in [0, 0.1) is 0 Å². The lowest BCUT2D eigenvalue weighted by Gasteiger charge is -2.24. The molecule has 1 aromatic heterocycles. The minimum atomic E-state index is -0.0705. The number of aromatic amines is 1. The van der Waals surface area contributed by atoms with Gasteiger partial charge in [0.2, 0.25) is 11.8 Å². The average Bonchev–Trinajstić information content (AvgIpc) is 2.98. The van der Waals surface area contributed by atoms with Crippen LogP contribution in [0.2, 0.25) is 0 Å². The van der Waals surface area contributed by atoms with Crippen molar-refractivity contribution < 1.29 is 9.59 Å². The monoisotopic (exact) mass is 269 g/mol. The number of nitrogens with one attached hydrogen (secondary N) is 1. The smallest absolute Gasteiger partial charge is 0.229 e. The number of H-pyrrole nitrogens is 1. The van der Waals surface area contributed by atoms with Crippen molar-refractivity contribution in [2.24, 2.45) is 0 Å². The van der Waals surface area contributed by atoms with Crippen molar-refractivity contribution in [1.29, 1.82) is 0 Å². The fraction of sp³-hybridized carbons (Fsp3) is 0.267. The largest absolute Gasteiger partial charge is 0.278 e. The van der Waals surface area contributed by atoms with Gasteiger partial charge in [-0.1, -0.05) is 24.3 Å². The van der Waals surface area contributed by atoms with E-state index in [-0.39, 0.29) is 11.8 Å². The molecule has 1 aliphatic heterocycles. The van der Waals surface area contributed by atoms with Crippen molar-refractivity contribution in [2.75, 3.05) is 0 Å². The van der Waals surface area contributed by atoms with E-state index < -0.39 is 0 Å². The predicted molar refractivity (Wildman–Crippen MR) is 73.4 cm³/mol. The molecule has 3 rings (SSSR count). The summed E-state index contributed by atoms with van der Waals surface area (Å²) in [6.07, 6.45) is 3.32. The minimum absolute atomic E-state index is 0.0705. The summed E-state index contributed by atoms with van der Waals surface area (Å²) in [6, 6.07) is 9.69. The topological polar surface area (TPSA) is 66.1 Å². The molecular formula is C15H15N3O2. The van der Waals surface area contributed by atoms with Crippen LogP contribution in [0.1, 0.15) is 24.8 Å². The van der Waals surface area contributed by atoms with Gasteiger partial charge in [-0.05, 0) is 23.6 Å². The quantitative estimate of drug-likeness (QED) is 0.868. The number of piperidine rings is 1. The maximum atomic E-state index is 11.8. The fourth-order valence-corrected chi connectivity index (χ4v) is 2.37. The van der Waals surface area contributed by atoms with Crippen LogP contribution in [-0.4, -0.2) is 26.9 Å². The molecule has 1 aliphatic rings. The Morgan fingerprint density at radius 3 is 2.35 bits per heavy atom. The first kappa shape index (κ1) is 12.6. The Labute approximate surface area is 116 Å². The molecule has 5 heteroatoms. The number of hydrogen-bond donors (Lipinski definition) is 1. The summed E-state index contributed by atoms with van der Waals surface area (Å²) in [4.78, 5) is 24.9. The molecule has 20 heavy (non-hydrogen) atoms. The van der Waals surface area contributed by atoms with Crippen molar-refractivity contribution in [1.82, 2.24) is 15.1 Å². The van der Waals surface area contributed by atoms with Gasteiger partial charge in [-0.25, -0.2) is 0 Å². The Hall–Kier alpha value is -2.43. The average molecular weight is 269 g/mol. The Morgan fingerprint density at radius 1 is 1.05 bits per heavy atom. The Morgan fingerprint density at radius 2 is 1.75 bits per heavy atom. The molecule has 1 saturated heterocycles. The van der Waals surface area contributed by atoms with E-state index in [4.69, 9.17) is 0 Å². The van der Waals surface area contributed by atoms with Gasteiger partial charge in [0.05, 0.1) is 12.2 Å². The highest BCUT2D eigenvalue weighted by atomic mass is 16.2. The number of benzene rings is 1. The number of carbonyl (C=O) groups excluding carboxylic acids is 2. The van der Waals surface area contributed by atoms with Crippen molar-refractivity contribution in [2.45, 2.75) is 25.8 Å². The lowest BCUT2D eigenvalue weighted by molar-refractivity contribution is -0.148. The number of rotatable bonds is 3. The number of aromatic nitrogens is 2. The molecule has 2 amide bonds. The maximum absolute atomic E-state index is 11.8. The second-order valence-electron chi connectivity index (χ2n) is 4.89. The molecule has 0 unspecified atom stereocenters. The highest BCUT2D eigenvalue weighted by Gasteiger charge is 2.25. The van der Waals surface area contributed by atoms with Gasteiger partial charge in [0.25, 0.3) is 0 Å². The molecule has 2 aromatic rings. The van der Waals surface area contributed by atoms with Crippen molar-refractivity contribution in [3.63, 3.8) is 0 Å². The number of likely N-dealkylation sites (tertiary alicyclic amines) is 1. The summed E-state index contributed by atoms with van der Waals surface area (Å²) in [5, 5.41) is 6.81. The third-order valence-corrected chi connectivity index (χ3v) is 3.49. The van der Waals surface area contributed by atoms with Gasteiger partial charge in [-0.2, -0.15) is 5.10 Å². The van der Waals surface area contributed by atoms with E-state index in [1.54, 1.807) is 6.20 Å². The fourth-order valence-electron chi connectivity index (χ4n) is 2.37. The number of amides is 2. The van der Waals surface area contributed by atoms with Crippen LogP contribution in [0.15, 0.2) is 36.5 Å². The number of hydrogen-bond acceptors (Lipinski definition) is 3. The second-order valence-corrected chi connectivity index (χ2v) is 4.89. The lowest BCUT2D eigenvalue weighted by Crippen LogP contribution is -2.39. The van der Waals surface area contributed by atoms with E-state index in [0.29, 0.717) is 25.8 Å². The third kappa shape index (κ3) is 2.47. The molecule has 1 aromatic carbocycles. The highest BCUT2D eigenvalue weighted by molar-refractivity contribution is 5.97. The Bertz CT molecular complexity index is 601. The molecule has 5 nitrogen and oxygen atoms in total. The predicted octanol–water partition coefficient (Wildman–Crippen LogP) is 2.12. The molecule has 1 N–H and O–H groups in total. The van der Waals surface area contributed by atoms with Crippen molar-refractivity contribution in [3.8, 4) is 11.3 Å². The van der Waals surface area contributed by atoms with Gasteiger partial charge in [-0.3, -0.25) is 19.6 Å². The lowest BCUT2D eigenvalue weighted by atomic mass is 10.1. The van der Waals surface area contributed by atoms with Gasteiger partial charge >= 0.3 is 0 Å². The van der Waals surface area contributed by atoms with Gasteiger partial charge in [0.15, 0.2) is 0 Å². The van der Waals surface area contributed by atoms with E-state index in [1.165, 1.54) is 4.90 Å². The zero-order valence-electron chi connectivity index (χ0n) is 11.0. The Balaban J connectivity index is 1.75. The van der Waals surface area contributed by atoms with Gasteiger partial charge in [-0.15, -0.1) is 0 Å². The molecule has 0 bridgehead atoms. The molecule has 0 saturated carbocycles. The summed E-state index contributed by atoms with van der Waals surface area (Å²) in [5.41, 5.74) is 2.93. The second kappa shape index (κ2) is 5.28. The standard InChI is InChI=1S/C15H15N3O2/c19-14-2-1-3-15(20)18(14)10-11-4-6-12(7-5-11)13-8-9-16-17-13/h4-9H,1-3,10H2,(H,16,17). The van der Waals surface area contributed by atoms with Gasteiger partial charge in [0.1, 0.15) is 0 Å². The maximum Gasteiger partial charge on any atom is 0.229 e. The van der Waals surface area contributed by atoms with Crippen LogP contribution >= 0.6 is 0 Å². The molecule has 102 valence electrons. The first-order valence-corrected chi connectivity index (χ1v) is 6.66. The van der Waals surface area contributed by atoms with Crippen LogP contribution < -0.4 is 0 Å². The van der Waals surface area contributed by atoms with Crippen molar-refractivity contribution >= 4 is 11.8 Å². The van der Waals surface area contributed by atoms with Crippen LogP contribution in [0.3, 0.4) is 0 Å². The third-order valence-electron chi connectivity index (χ3n) is 3.49. The molecule has 0 atom stereocenters. The molecule has 0 spiro atoms. The van der Waals surface area contributed by atoms with Crippen LogP contribution in [0.4, 0.5) is 0 Å².